The zero-order chi connectivity index (χ0) is 19.8. The maximum Gasteiger partial charge on any atom is 0.258 e. The molecule has 2 aromatic carbocycles. The Labute approximate surface area is 163 Å². The molecular formula is C21H19N5O2. The van der Waals surface area contributed by atoms with Crippen molar-refractivity contribution in [2.45, 2.75) is 6.42 Å². The number of ether oxygens (including phenoxy) is 1. The molecule has 1 heterocycles. The first-order valence-corrected chi connectivity index (χ1v) is 8.69. The van der Waals surface area contributed by atoms with Crippen LogP contribution in [0.15, 0.2) is 60.9 Å². The van der Waals surface area contributed by atoms with E-state index in [1.807, 2.05) is 30.3 Å². The first kappa shape index (κ1) is 18.9. The van der Waals surface area contributed by atoms with Gasteiger partial charge >= 0.3 is 0 Å². The summed E-state index contributed by atoms with van der Waals surface area (Å²) in [6.45, 7) is 0.632. The van der Waals surface area contributed by atoms with E-state index >= 15 is 0 Å². The minimum absolute atomic E-state index is 0.331. The van der Waals surface area contributed by atoms with Crippen LogP contribution in [0.25, 0.3) is 0 Å². The van der Waals surface area contributed by atoms with Gasteiger partial charge in [0.15, 0.2) is 0 Å². The molecule has 0 unspecified atom stereocenters. The number of para-hydroxylation sites is 1. The van der Waals surface area contributed by atoms with Crippen molar-refractivity contribution >= 4 is 17.5 Å². The van der Waals surface area contributed by atoms with Gasteiger partial charge < -0.3 is 15.4 Å². The van der Waals surface area contributed by atoms with Crippen LogP contribution in [0.1, 0.15) is 21.5 Å². The van der Waals surface area contributed by atoms with Crippen LogP contribution in [0.2, 0.25) is 0 Å². The van der Waals surface area contributed by atoms with Crippen LogP contribution < -0.4 is 15.4 Å². The minimum atomic E-state index is -0.337. The normalized spacial score (nSPS) is 10.0. The Morgan fingerprint density at radius 3 is 2.68 bits per heavy atom. The molecule has 0 aliphatic heterocycles. The Kier molecular flexibility index (Phi) is 6.16. The summed E-state index contributed by atoms with van der Waals surface area (Å²) in [5.74, 6) is 0.950. The van der Waals surface area contributed by atoms with Crippen molar-refractivity contribution in [2.24, 2.45) is 0 Å². The quantitative estimate of drug-likeness (QED) is 0.659. The lowest BCUT2D eigenvalue weighted by molar-refractivity contribution is 0.102. The molecule has 1 aromatic heterocycles. The molecule has 0 atom stereocenters. The number of anilines is 2. The number of carbonyl (C=O) groups is 1. The molecule has 0 aliphatic rings. The fourth-order valence-corrected chi connectivity index (χ4v) is 2.62. The molecule has 0 aliphatic carbocycles. The average molecular weight is 373 g/mol. The van der Waals surface area contributed by atoms with E-state index in [0.717, 1.165) is 17.7 Å². The largest absolute Gasteiger partial charge is 0.496 e. The van der Waals surface area contributed by atoms with Gasteiger partial charge in [0.2, 0.25) is 5.95 Å². The number of nitriles is 1. The molecule has 0 bridgehead atoms. The smallest absolute Gasteiger partial charge is 0.258 e. The van der Waals surface area contributed by atoms with Crippen LogP contribution in [0.4, 0.5) is 11.6 Å². The van der Waals surface area contributed by atoms with Crippen molar-refractivity contribution in [1.29, 1.82) is 5.26 Å². The average Bonchev–Trinajstić information content (AvgIpc) is 2.74. The molecule has 7 heteroatoms. The van der Waals surface area contributed by atoms with E-state index in [1.165, 1.54) is 12.4 Å². The van der Waals surface area contributed by atoms with Gasteiger partial charge in [0.25, 0.3) is 5.91 Å². The Bertz CT molecular complexity index is 996. The Balaban J connectivity index is 1.55. The van der Waals surface area contributed by atoms with Gasteiger partial charge in [-0.1, -0.05) is 24.3 Å². The maximum absolute atomic E-state index is 12.3. The highest BCUT2D eigenvalue weighted by Gasteiger charge is 2.08. The number of amides is 1. The third-order valence-electron chi connectivity index (χ3n) is 4.03. The van der Waals surface area contributed by atoms with E-state index in [4.69, 9.17) is 10.00 Å². The van der Waals surface area contributed by atoms with Gasteiger partial charge in [0.05, 0.1) is 24.3 Å². The Morgan fingerprint density at radius 1 is 1.14 bits per heavy atom. The molecule has 0 radical (unpaired) electrons. The molecule has 7 nitrogen and oxygen atoms in total. The van der Waals surface area contributed by atoms with E-state index in [1.54, 1.807) is 31.4 Å². The summed E-state index contributed by atoms with van der Waals surface area (Å²) in [4.78, 5) is 20.7. The number of rotatable bonds is 7. The van der Waals surface area contributed by atoms with Crippen LogP contribution in [0.3, 0.4) is 0 Å². The summed E-state index contributed by atoms with van der Waals surface area (Å²) in [5, 5.41) is 14.8. The highest BCUT2D eigenvalue weighted by atomic mass is 16.5. The first-order valence-electron chi connectivity index (χ1n) is 8.69. The van der Waals surface area contributed by atoms with Crippen LogP contribution in [-0.4, -0.2) is 29.5 Å². The molecule has 2 N–H and O–H groups in total. The maximum atomic E-state index is 12.3. The highest BCUT2D eigenvalue weighted by molar-refractivity contribution is 6.03. The summed E-state index contributed by atoms with van der Waals surface area (Å²) in [5.41, 5.74) is 2.44. The van der Waals surface area contributed by atoms with Crippen molar-refractivity contribution in [3.63, 3.8) is 0 Å². The Hall–Kier alpha value is -3.92. The molecule has 3 rings (SSSR count). The van der Waals surface area contributed by atoms with Crippen molar-refractivity contribution < 1.29 is 9.53 Å². The summed E-state index contributed by atoms with van der Waals surface area (Å²) >= 11 is 0. The second-order valence-electron chi connectivity index (χ2n) is 5.93. The SMILES string of the molecule is COc1ccccc1CCNc1ncc(C(=O)Nc2cccc(C#N)c2)cn1. The first-order chi connectivity index (χ1) is 13.7. The van der Waals surface area contributed by atoms with E-state index in [9.17, 15) is 4.79 Å². The zero-order valence-corrected chi connectivity index (χ0v) is 15.3. The topological polar surface area (TPSA) is 99.9 Å². The van der Waals surface area contributed by atoms with Gasteiger partial charge in [-0.25, -0.2) is 9.97 Å². The van der Waals surface area contributed by atoms with Gasteiger partial charge in [-0.05, 0) is 36.2 Å². The summed E-state index contributed by atoms with van der Waals surface area (Å²) in [6.07, 6.45) is 3.68. The lowest BCUT2D eigenvalue weighted by atomic mass is 10.1. The zero-order valence-electron chi connectivity index (χ0n) is 15.3. The number of hydrogen-bond donors (Lipinski definition) is 2. The third kappa shape index (κ3) is 4.83. The molecular weight excluding hydrogens is 354 g/mol. The number of methoxy groups -OCH3 is 1. The summed E-state index contributed by atoms with van der Waals surface area (Å²) in [6, 6.07) is 16.6. The standard InChI is InChI=1S/C21H19N5O2/c1-28-19-8-3-2-6-16(19)9-10-23-21-24-13-17(14-25-21)20(27)26-18-7-4-5-15(11-18)12-22/h2-8,11,13-14H,9-10H2,1H3,(H,26,27)(H,23,24,25). The molecule has 1 amide bonds. The van der Waals surface area contributed by atoms with Gasteiger partial charge in [-0.15, -0.1) is 0 Å². The van der Waals surface area contributed by atoms with Crippen LogP contribution in [0, 0.1) is 11.3 Å². The monoisotopic (exact) mass is 373 g/mol. The Morgan fingerprint density at radius 2 is 1.93 bits per heavy atom. The minimum Gasteiger partial charge on any atom is -0.496 e. The van der Waals surface area contributed by atoms with Gasteiger partial charge in [-0.2, -0.15) is 5.26 Å². The number of aromatic nitrogens is 2. The predicted octanol–water partition coefficient (Wildman–Crippen LogP) is 3.26. The van der Waals surface area contributed by atoms with Crippen molar-refractivity contribution in [3.05, 3.63) is 77.6 Å². The predicted molar refractivity (Wildman–Crippen MR) is 106 cm³/mol. The van der Waals surface area contributed by atoms with E-state index in [2.05, 4.69) is 20.6 Å². The molecule has 0 spiro atoms. The summed E-state index contributed by atoms with van der Waals surface area (Å²) < 4.78 is 5.33. The van der Waals surface area contributed by atoms with Crippen molar-refractivity contribution in [1.82, 2.24) is 9.97 Å². The second-order valence-corrected chi connectivity index (χ2v) is 5.93. The molecule has 140 valence electrons. The fourth-order valence-electron chi connectivity index (χ4n) is 2.62. The fraction of sp³-hybridized carbons (Fsp3) is 0.143. The molecule has 28 heavy (non-hydrogen) atoms. The van der Waals surface area contributed by atoms with Gasteiger partial charge in [-0.3, -0.25) is 4.79 Å². The van der Waals surface area contributed by atoms with E-state index in [0.29, 0.717) is 29.3 Å². The number of nitrogens with zero attached hydrogens (tertiary/aromatic N) is 3. The number of hydrogen-bond acceptors (Lipinski definition) is 6. The highest BCUT2D eigenvalue weighted by Crippen LogP contribution is 2.17. The number of nitrogens with one attached hydrogen (secondary N) is 2. The molecule has 0 saturated carbocycles. The molecule has 3 aromatic rings. The van der Waals surface area contributed by atoms with Gasteiger partial charge in [0, 0.05) is 24.6 Å². The molecule has 0 fully saturated rings. The van der Waals surface area contributed by atoms with Crippen LogP contribution >= 0.6 is 0 Å². The van der Waals surface area contributed by atoms with Crippen molar-refractivity contribution in [3.8, 4) is 11.8 Å². The van der Waals surface area contributed by atoms with Gasteiger partial charge in [0.1, 0.15) is 5.75 Å². The summed E-state index contributed by atoms with van der Waals surface area (Å²) in [7, 11) is 1.65. The van der Waals surface area contributed by atoms with Crippen LogP contribution in [-0.2, 0) is 6.42 Å². The number of carbonyl (C=O) groups excluding carboxylic acids is 1. The van der Waals surface area contributed by atoms with Crippen LogP contribution in [0.5, 0.6) is 5.75 Å². The van der Waals surface area contributed by atoms with E-state index < -0.39 is 0 Å². The number of benzene rings is 2. The lowest BCUT2D eigenvalue weighted by Crippen LogP contribution is -2.14. The lowest BCUT2D eigenvalue weighted by Gasteiger charge is -2.09. The second kappa shape index (κ2) is 9.14. The van der Waals surface area contributed by atoms with Crippen molar-refractivity contribution in [2.75, 3.05) is 24.3 Å². The molecule has 0 saturated heterocycles. The third-order valence-corrected chi connectivity index (χ3v) is 4.03. The van der Waals surface area contributed by atoms with E-state index in [-0.39, 0.29) is 5.91 Å².